The first-order valence-electron chi connectivity index (χ1n) is 8.03. The Labute approximate surface area is 162 Å². The van der Waals surface area contributed by atoms with Gasteiger partial charge in [-0.05, 0) is 59.6 Å². The third kappa shape index (κ3) is 5.89. The van der Waals surface area contributed by atoms with Gasteiger partial charge in [0, 0.05) is 10.6 Å². The zero-order valence-electron chi connectivity index (χ0n) is 14.7. The van der Waals surface area contributed by atoms with Crippen molar-refractivity contribution < 1.29 is 19.9 Å². The minimum atomic E-state index is -0.219. The molecule has 0 amide bonds. The summed E-state index contributed by atoms with van der Waals surface area (Å²) >= 11 is 9.48. The smallest absolute Gasteiger partial charge is 0.175 e. The number of halogens is 2. The van der Waals surface area contributed by atoms with Gasteiger partial charge in [-0.1, -0.05) is 23.7 Å². The number of rotatable bonds is 8. The normalized spacial score (nSPS) is 11.4. The molecule has 4 nitrogen and oxygen atoms in total. The van der Waals surface area contributed by atoms with Gasteiger partial charge in [0.05, 0.1) is 18.2 Å². The number of aliphatic hydroxyl groups excluding tert-OH is 1. The van der Waals surface area contributed by atoms with Gasteiger partial charge < -0.3 is 19.9 Å². The van der Waals surface area contributed by atoms with Crippen LogP contribution in [0.2, 0.25) is 5.02 Å². The number of hydrogen-bond acceptors (Lipinski definition) is 3. The van der Waals surface area contributed by atoms with E-state index in [-0.39, 0.29) is 12.1 Å². The maximum absolute atomic E-state index is 9.37. The third-order valence-corrected chi connectivity index (χ3v) is 4.72. The average Bonchev–Trinajstić information content (AvgIpc) is 2.60. The summed E-state index contributed by atoms with van der Waals surface area (Å²) in [6.45, 7) is 5.29. The Bertz CT molecular complexity index is 705. The van der Waals surface area contributed by atoms with Crippen molar-refractivity contribution in [3.8, 4) is 11.5 Å². The van der Waals surface area contributed by atoms with E-state index in [0.717, 1.165) is 22.1 Å². The molecule has 0 unspecified atom stereocenters. The van der Waals surface area contributed by atoms with E-state index in [1.54, 1.807) is 7.11 Å². The molecule has 0 atom stereocenters. The Morgan fingerprint density at radius 1 is 1.16 bits per heavy atom. The second-order valence-electron chi connectivity index (χ2n) is 6.58. The van der Waals surface area contributed by atoms with Gasteiger partial charge in [-0.3, -0.25) is 0 Å². The molecule has 0 aromatic heterocycles. The number of ether oxygens (including phenoxy) is 2. The van der Waals surface area contributed by atoms with E-state index in [1.165, 1.54) is 0 Å². The van der Waals surface area contributed by atoms with Crippen molar-refractivity contribution in [3.05, 3.63) is 57.0 Å². The molecule has 2 rings (SSSR count). The summed E-state index contributed by atoms with van der Waals surface area (Å²) in [6.07, 6.45) is 0. The lowest BCUT2D eigenvalue weighted by Crippen LogP contribution is -2.95. The monoisotopic (exact) mass is 428 g/mol. The van der Waals surface area contributed by atoms with Crippen molar-refractivity contribution in [2.24, 2.45) is 0 Å². The minimum absolute atomic E-state index is 0.119. The van der Waals surface area contributed by atoms with E-state index in [9.17, 15) is 5.11 Å². The summed E-state index contributed by atoms with van der Waals surface area (Å²) < 4.78 is 12.3. The zero-order valence-corrected chi connectivity index (χ0v) is 17.0. The highest BCUT2D eigenvalue weighted by Gasteiger charge is 2.20. The molecule has 0 saturated carbocycles. The lowest BCUT2D eigenvalue weighted by atomic mass is 10.1. The molecule has 0 bridgehead atoms. The van der Waals surface area contributed by atoms with Crippen molar-refractivity contribution in [3.63, 3.8) is 0 Å². The highest BCUT2D eigenvalue weighted by Crippen LogP contribution is 2.37. The van der Waals surface area contributed by atoms with Crippen LogP contribution in [0.5, 0.6) is 11.5 Å². The maximum Gasteiger partial charge on any atom is 0.175 e. The number of methoxy groups -OCH3 is 1. The van der Waals surface area contributed by atoms with Crippen LogP contribution < -0.4 is 14.8 Å². The first kappa shape index (κ1) is 20.0. The average molecular weight is 430 g/mol. The highest BCUT2D eigenvalue weighted by molar-refractivity contribution is 9.10. The molecule has 0 aliphatic rings. The molecular weight excluding hydrogens is 406 g/mol. The number of aliphatic hydroxyl groups is 1. The van der Waals surface area contributed by atoms with Crippen LogP contribution in [0.3, 0.4) is 0 Å². The van der Waals surface area contributed by atoms with Gasteiger partial charge in [-0.25, -0.2) is 0 Å². The summed E-state index contributed by atoms with van der Waals surface area (Å²) in [5, 5.41) is 12.2. The van der Waals surface area contributed by atoms with Gasteiger partial charge in [0.15, 0.2) is 11.5 Å². The van der Waals surface area contributed by atoms with Gasteiger partial charge in [0.2, 0.25) is 0 Å². The molecular formula is C19H24BrClNO3+. The lowest BCUT2D eigenvalue weighted by molar-refractivity contribution is -0.736. The molecule has 25 heavy (non-hydrogen) atoms. The molecule has 0 fully saturated rings. The first-order valence-corrected chi connectivity index (χ1v) is 9.20. The Hall–Kier alpha value is -1.27. The van der Waals surface area contributed by atoms with Gasteiger partial charge in [-0.2, -0.15) is 0 Å². The summed E-state index contributed by atoms with van der Waals surface area (Å²) in [7, 11) is 1.63. The molecule has 2 aromatic carbocycles. The SMILES string of the molecule is COc1cc(C[NH2+]C(C)(C)CO)cc(Br)c1OCc1ccc(Cl)cc1. The van der Waals surface area contributed by atoms with E-state index in [2.05, 4.69) is 21.2 Å². The standard InChI is InChI=1S/C19H23BrClNO3/c1-19(2,12-23)22-10-14-8-16(20)18(17(9-14)24-3)25-11-13-4-6-15(21)7-5-13/h4-9,22-23H,10-12H2,1-3H3/p+1. The molecule has 0 aliphatic carbocycles. The minimum Gasteiger partial charge on any atom is -0.493 e. The number of nitrogens with two attached hydrogens (primary N) is 1. The molecule has 0 aliphatic heterocycles. The van der Waals surface area contributed by atoms with Crippen LogP contribution >= 0.6 is 27.5 Å². The summed E-state index contributed by atoms with van der Waals surface area (Å²) in [5.41, 5.74) is 1.90. The van der Waals surface area contributed by atoms with Gasteiger partial charge >= 0.3 is 0 Å². The molecule has 136 valence electrons. The molecule has 3 N–H and O–H groups in total. The van der Waals surface area contributed by atoms with Crippen molar-refractivity contribution >= 4 is 27.5 Å². The topological polar surface area (TPSA) is 55.3 Å². The fraction of sp³-hybridized carbons (Fsp3) is 0.368. The van der Waals surface area contributed by atoms with E-state index in [0.29, 0.717) is 23.1 Å². The molecule has 0 heterocycles. The quantitative estimate of drug-likeness (QED) is 0.675. The van der Waals surface area contributed by atoms with E-state index in [4.69, 9.17) is 21.1 Å². The lowest BCUT2D eigenvalue weighted by Gasteiger charge is -2.20. The molecule has 6 heteroatoms. The van der Waals surface area contributed by atoms with Crippen molar-refractivity contribution in [1.29, 1.82) is 0 Å². The van der Waals surface area contributed by atoms with Gasteiger partial charge in [0.25, 0.3) is 0 Å². The van der Waals surface area contributed by atoms with E-state index < -0.39 is 0 Å². The van der Waals surface area contributed by atoms with Gasteiger partial charge in [-0.15, -0.1) is 0 Å². The maximum atomic E-state index is 9.37. The van der Waals surface area contributed by atoms with Gasteiger partial charge in [0.1, 0.15) is 18.7 Å². The van der Waals surface area contributed by atoms with Crippen molar-refractivity contribution in [2.45, 2.75) is 32.5 Å². The fourth-order valence-corrected chi connectivity index (χ4v) is 2.96. The van der Waals surface area contributed by atoms with Crippen LogP contribution in [0.15, 0.2) is 40.9 Å². The molecule has 0 radical (unpaired) electrons. The third-order valence-electron chi connectivity index (χ3n) is 3.88. The Morgan fingerprint density at radius 3 is 2.44 bits per heavy atom. The zero-order chi connectivity index (χ0) is 18.4. The Balaban J connectivity index is 2.11. The van der Waals surface area contributed by atoms with Crippen LogP contribution in [-0.4, -0.2) is 24.4 Å². The Morgan fingerprint density at radius 2 is 1.84 bits per heavy atom. The second-order valence-corrected chi connectivity index (χ2v) is 7.87. The highest BCUT2D eigenvalue weighted by atomic mass is 79.9. The number of hydrogen-bond donors (Lipinski definition) is 2. The predicted molar refractivity (Wildman–Crippen MR) is 103 cm³/mol. The van der Waals surface area contributed by atoms with E-state index >= 15 is 0 Å². The van der Waals surface area contributed by atoms with Crippen LogP contribution in [0.4, 0.5) is 0 Å². The molecule has 2 aromatic rings. The van der Waals surface area contributed by atoms with Crippen molar-refractivity contribution in [2.75, 3.05) is 13.7 Å². The predicted octanol–water partition coefficient (Wildman–Crippen LogP) is 3.52. The summed E-state index contributed by atoms with van der Waals surface area (Å²) in [6, 6.07) is 11.5. The van der Waals surface area contributed by atoms with Crippen molar-refractivity contribution in [1.82, 2.24) is 0 Å². The molecule has 0 spiro atoms. The first-order chi connectivity index (χ1) is 11.8. The largest absolute Gasteiger partial charge is 0.493 e. The van der Waals surface area contributed by atoms with E-state index in [1.807, 2.05) is 50.2 Å². The van der Waals surface area contributed by atoms with Crippen LogP contribution in [0.1, 0.15) is 25.0 Å². The summed E-state index contributed by atoms with van der Waals surface area (Å²) in [4.78, 5) is 0. The van der Waals surface area contributed by atoms with Crippen LogP contribution in [-0.2, 0) is 13.2 Å². The molecule has 0 saturated heterocycles. The fourth-order valence-electron chi connectivity index (χ4n) is 2.23. The Kier molecular flexibility index (Phi) is 7.14. The number of quaternary nitrogens is 1. The summed E-state index contributed by atoms with van der Waals surface area (Å²) in [5.74, 6) is 1.34. The second kappa shape index (κ2) is 8.90. The number of benzene rings is 2. The van der Waals surface area contributed by atoms with Crippen LogP contribution in [0, 0.1) is 0 Å². The van der Waals surface area contributed by atoms with Crippen LogP contribution in [0.25, 0.3) is 0 Å².